The van der Waals surface area contributed by atoms with Crippen LogP contribution < -0.4 is 4.74 Å². The Balaban J connectivity index is 2.09. The van der Waals surface area contributed by atoms with Gasteiger partial charge in [-0.25, -0.2) is 4.68 Å². The van der Waals surface area contributed by atoms with Crippen molar-refractivity contribution in [2.24, 2.45) is 0 Å². The fourth-order valence-corrected chi connectivity index (χ4v) is 2.83. The van der Waals surface area contributed by atoms with Crippen molar-refractivity contribution in [3.05, 3.63) is 76.1 Å². The summed E-state index contributed by atoms with van der Waals surface area (Å²) in [7, 11) is 1.59. The second kappa shape index (κ2) is 7.11. The van der Waals surface area contributed by atoms with E-state index in [4.69, 9.17) is 16.3 Å². The number of rotatable bonds is 5. The largest absolute Gasteiger partial charge is 0.494 e. The van der Waals surface area contributed by atoms with Gasteiger partial charge >= 0.3 is 0 Å². The van der Waals surface area contributed by atoms with Crippen LogP contribution in [0.25, 0.3) is 5.69 Å². The van der Waals surface area contributed by atoms with Gasteiger partial charge in [0.1, 0.15) is 17.1 Å². The van der Waals surface area contributed by atoms with E-state index in [9.17, 15) is 4.79 Å². The lowest BCUT2D eigenvalue weighted by Crippen LogP contribution is -2.06. The number of benzene rings is 2. The van der Waals surface area contributed by atoms with Crippen LogP contribution in [0.15, 0.2) is 48.5 Å². The molecule has 0 aliphatic heterocycles. The number of ether oxygens (including phenoxy) is 1. The topological polar surface area (TPSA) is 44.1 Å². The van der Waals surface area contributed by atoms with Gasteiger partial charge in [0.15, 0.2) is 5.78 Å². The van der Waals surface area contributed by atoms with E-state index in [1.165, 1.54) is 12.5 Å². The van der Waals surface area contributed by atoms with E-state index in [2.05, 4.69) is 36.3 Å². The van der Waals surface area contributed by atoms with Crippen LogP contribution in [0, 0.1) is 6.92 Å². The molecule has 0 atom stereocenters. The number of carbonyl (C=O) groups excluding carboxylic acids is 1. The number of aryl methyl sites for hydroxylation is 1. The van der Waals surface area contributed by atoms with Gasteiger partial charge in [0.05, 0.1) is 7.11 Å². The zero-order valence-corrected chi connectivity index (χ0v) is 15.2. The normalized spacial score (nSPS) is 10.7. The van der Waals surface area contributed by atoms with E-state index < -0.39 is 0 Å². The van der Waals surface area contributed by atoms with Crippen LogP contribution in [0.5, 0.6) is 5.75 Å². The van der Waals surface area contributed by atoms with Crippen LogP contribution in [-0.2, 0) is 6.42 Å². The Morgan fingerprint density at radius 2 is 1.88 bits per heavy atom. The van der Waals surface area contributed by atoms with Gasteiger partial charge in [-0.1, -0.05) is 41.4 Å². The summed E-state index contributed by atoms with van der Waals surface area (Å²) < 4.78 is 7.20. The molecule has 25 heavy (non-hydrogen) atoms. The van der Waals surface area contributed by atoms with Gasteiger partial charge in [0.2, 0.25) is 0 Å². The molecular formula is C20H19ClN2O2. The lowest BCUT2D eigenvalue weighted by Gasteiger charge is -2.12. The number of Topliss-reactive ketones (excluding diaryl/α,β-unsaturated/α-hetero) is 1. The molecule has 128 valence electrons. The van der Waals surface area contributed by atoms with Crippen molar-refractivity contribution in [3.63, 3.8) is 0 Å². The minimum Gasteiger partial charge on any atom is -0.494 e. The third-order valence-corrected chi connectivity index (χ3v) is 4.25. The zero-order valence-electron chi connectivity index (χ0n) is 14.4. The molecule has 0 unspecified atom stereocenters. The van der Waals surface area contributed by atoms with Crippen LogP contribution >= 0.6 is 11.6 Å². The highest BCUT2D eigenvalue weighted by Gasteiger charge is 2.16. The van der Waals surface area contributed by atoms with Crippen LogP contribution in [-0.4, -0.2) is 22.7 Å². The van der Waals surface area contributed by atoms with Gasteiger partial charge in [-0.3, -0.25) is 4.79 Å². The molecule has 3 aromatic rings. The second-order valence-electron chi connectivity index (χ2n) is 5.97. The number of methoxy groups -OCH3 is 1. The first kappa shape index (κ1) is 17.2. The minimum absolute atomic E-state index is 0.0724. The molecule has 0 amide bonds. The van der Waals surface area contributed by atoms with E-state index >= 15 is 0 Å². The van der Waals surface area contributed by atoms with E-state index in [0.717, 1.165) is 16.9 Å². The third kappa shape index (κ3) is 3.74. The van der Waals surface area contributed by atoms with Crippen LogP contribution in [0.4, 0.5) is 0 Å². The number of nitrogens with zero attached hydrogens (tertiary/aromatic N) is 2. The monoisotopic (exact) mass is 354 g/mol. The highest BCUT2D eigenvalue weighted by molar-refractivity contribution is 6.30. The average molecular weight is 355 g/mol. The Labute approximate surface area is 152 Å². The van der Waals surface area contributed by atoms with Crippen molar-refractivity contribution in [3.8, 4) is 11.4 Å². The molecule has 2 aromatic carbocycles. The first-order valence-electron chi connectivity index (χ1n) is 7.97. The Bertz CT molecular complexity index is 914. The molecule has 0 spiro atoms. The molecule has 5 heteroatoms. The smallest absolute Gasteiger partial charge is 0.180 e. The number of carbonyl (C=O) groups is 1. The minimum atomic E-state index is -0.0724. The van der Waals surface area contributed by atoms with E-state index in [1.807, 2.05) is 12.1 Å². The summed E-state index contributed by atoms with van der Waals surface area (Å²) in [5, 5.41) is 5.06. The lowest BCUT2D eigenvalue weighted by atomic mass is 10.1. The summed E-state index contributed by atoms with van der Waals surface area (Å²) in [6.45, 7) is 3.57. The second-order valence-corrected chi connectivity index (χ2v) is 6.40. The van der Waals surface area contributed by atoms with Crippen molar-refractivity contribution >= 4 is 17.4 Å². The number of aromatic nitrogens is 2. The molecule has 0 aliphatic carbocycles. The molecule has 0 bridgehead atoms. The van der Waals surface area contributed by atoms with Gasteiger partial charge in [-0.2, -0.15) is 5.10 Å². The van der Waals surface area contributed by atoms with Gasteiger partial charge < -0.3 is 4.74 Å². The Morgan fingerprint density at radius 1 is 1.16 bits per heavy atom. The first-order valence-corrected chi connectivity index (χ1v) is 8.35. The van der Waals surface area contributed by atoms with E-state index in [0.29, 0.717) is 22.9 Å². The quantitative estimate of drug-likeness (QED) is 0.627. The first-order chi connectivity index (χ1) is 12.0. The molecule has 4 nitrogen and oxygen atoms in total. The van der Waals surface area contributed by atoms with Crippen molar-refractivity contribution in [2.45, 2.75) is 20.3 Å². The van der Waals surface area contributed by atoms with Gasteiger partial charge in [0, 0.05) is 30.1 Å². The standard InChI is InChI=1S/C20H19ClN2O2/c1-13-4-6-15(7-5-13)10-17-12-18(14(2)24)22-23(17)19-9-8-16(21)11-20(19)25-3/h4-9,11-12H,10H2,1-3H3. The van der Waals surface area contributed by atoms with Crippen molar-refractivity contribution in [1.82, 2.24) is 9.78 Å². The summed E-state index contributed by atoms with van der Waals surface area (Å²) >= 11 is 6.06. The Hall–Kier alpha value is -2.59. The predicted molar refractivity (Wildman–Crippen MR) is 99.1 cm³/mol. The molecule has 1 heterocycles. The summed E-state index contributed by atoms with van der Waals surface area (Å²) in [5.74, 6) is 0.535. The third-order valence-electron chi connectivity index (χ3n) is 4.02. The highest BCUT2D eigenvalue weighted by atomic mass is 35.5. The van der Waals surface area contributed by atoms with Crippen LogP contribution in [0.2, 0.25) is 5.02 Å². The molecule has 0 saturated carbocycles. The maximum atomic E-state index is 11.8. The summed E-state index contributed by atoms with van der Waals surface area (Å²) in [6.07, 6.45) is 0.659. The zero-order chi connectivity index (χ0) is 18.0. The maximum absolute atomic E-state index is 11.8. The number of hydrogen-bond acceptors (Lipinski definition) is 3. The summed E-state index contributed by atoms with van der Waals surface area (Å²) in [6, 6.07) is 15.5. The molecule has 0 N–H and O–H groups in total. The van der Waals surface area contributed by atoms with Crippen molar-refractivity contribution < 1.29 is 9.53 Å². The summed E-state index contributed by atoms with van der Waals surface area (Å²) in [5.41, 5.74) is 4.45. The maximum Gasteiger partial charge on any atom is 0.180 e. The lowest BCUT2D eigenvalue weighted by molar-refractivity contribution is 0.101. The molecule has 0 aliphatic rings. The fraction of sp³-hybridized carbons (Fsp3) is 0.200. The summed E-state index contributed by atoms with van der Waals surface area (Å²) in [4.78, 5) is 11.8. The molecule has 0 fully saturated rings. The van der Waals surface area contributed by atoms with E-state index in [1.54, 1.807) is 23.9 Å². The number of halogens is 1. The van der Waals surface area contributed by atoms with Gasteiger partial charge in [-0.15, -0.1) is 0 Å². The van der Waals surface area contributed by atoms with Gasteiger partial charge in [0.25, 0.3) is 0 Å². The van der Waals surface area contributed by atoms with Crippen molar-refractivity contribution in [1.29, 1.82) is 0 Å². The molecule has 0 radical (unpaired) electrons. The van der Waals surface area contributed by atoms with Crippen LogP contribution in [0.3, 0.4) is 0 Å². The van der Waals surface area contributed by atoms with Crippen LogP contribution in [0.1, 0.15) is 34.2 Å². The average Bonchev–Trinajstić information content (AvgIpc) is 3.00. The van der Waals surface area contributed by atoms with E-state index in [-0.39, 0.29) is 5.78 Å². The highest BCUT2D eigenvalue weighted by Crippen LogP contribution is 2.28. The predicted octanol–water partition coefficient (Wildman–Crippen LogP) is 4.64. The Kier molecular flexibility index (Phi) is 4.91. The number of hydrogen-bond donors (Lipinski definition) is 0. The Morgan fingerprint density at radius 3 is 2.52 bits per heavy atom. The SMILES string of the molecule is COc1cc(Cl)ccc1-n1nc(C(C)=O)cc1Cc1ccc(C)cc1. The molecule has 0 saturated heterocycles. The fourth-order valence-electron chi connectivity index (χ4n) is 2.67. The molecule has 1 aromatic heterocycles. The van der Waals surface area contributed by atoms with Crippen molar-refractivity contribution in [2.75, 3.05) is 7.11 Å². The van der Waals surface area contributed by atoms with Gasteiger partial charge in [-0.05, 0) is 30.7 Å². The molecule has 3 rings (SSSR count). The number of ketones is 1. The molecular weight excluding hydrogens is 336 g/mol.